The lowest BCUT2D eigenvalue weighted by Gasteiger charge is -2.24. The quantitative estimate of drug-likeness (QED) is 0.616. The molecule has 1 heterocycles. The van der Waals surface area contributed by atoms with Crippen LogP contribution in [-0.2, 0) is 16.0 Å². The van der Waals surface area contributed by atoms with Crippen molar-refractivity contribution in [1.29, 1.82) is 0 Å². The molecule has 0 spiro atoms. The first-order valence-corrected chi connectivity index (χ1v) is 8.07. The third kappa shape index (κ3) is 2.63. The van der Waals surface area contributed by atoms with Crippen LogP contribution in [0.15, 0.2) is 30.4 Å². The predicted octanol–water partition coefficient (Wildman–Crippen LogP) is 4.18. The van der Waals surface area contributed by atoms with Gasteiger partial charge in [0.25, 0.3) is 0 Å². The highest BCUT2D eigenvalue weighted by Gasteiger charge is 2.55. The van der Waals surface area contributed by atoms with E-state index in [1.165, 1.54) is 0 Å². The fraction of sp³-hybridized carbons (Fsp3) is 0.500. The molecule has 4 heteroatoms. The molecule has 1 saturated carbocycles. The van der Waals surface area contributed by atoms with E-state index < -0.39 is 5.41 Å². The van der Waals surface area contributed by atoms with Gasteiger partial charge in [0.1, 0.15) is 5.75 Å². The summed E-state index contributed by atoms with van der Waals surface area (Å²) in [6.45, 7) is 8.51. The van der Waals surface area contributed by atoms with E-state index in [9.17, 15) is 4.79 Å². The van der Waals surface area contributed by atoms with Crippen molar-refractivity contribution < 1.29 is 14.3 Å². The molecule has 0 amide bonds. The molecule has 0 radical (unpaired) electrons. The fourth-order valence-corrected chi connectivity index (χ4v) is 3.88. The Labute approximate surface area is 136 Å². The number of hydrogen-bond acceptors (Lipinski definition) is 3. The van der Waals surface area contributed by atoms with E-state index >= 15 is 0 Å². The van der Waals surface area contributed by atoms with Crippen molar-refractivity contribution in [2.45, 2.75) is 39.2 Å². The van der Waals surface area contributed by atoms with Crippen LogP contribution in [0.4, 0.5) is 0 Å². The summed E-state index contributed by atoms with van der Waals surface area (Å²) in [5.74, 6) is 0.840. The number of carbonyl (C=O) groups is 1. The van der Waals surface area contributed by atoms with Crippen molar-refractivity contribution in [3.05, 3.63) is 40.9 Å². The minimum Gasteiger partial charge on any atom is -0.489 e. The van der Waals surface area contributed by atoms with Gasteiger partial charge in [0, 0.05) is 5.92 Å². The molecule has 3 rings (SSSR count). The Hall–Kier alpha value is -1.48. The fourth-order valence-electron chi connectivity index (χ4n) is 3.63. The molecule has 1 aromatic rings. The monoisotopic (exact) mass is 320 g/mol. The molecule has 0 bridgehead atoms. The number of benzene rings is 1. The second-order valence-electron chi connectivity index (χ2n) is 6.69. The summed E-state index contributed by atoms with van der Waals surface area (Å²) in [4.78, 5) is 12.3. The normalized spacial score (nSPS) is 27.2. The van der Waals surface area contributed by atoms with E-state index in [-0.39, 0.29) is 18.0 Å². The van der Waals surface area contributed by atoms with E-state index in [0.717, 1.165) is 24.0 Å². The molecule has 0 N–H and O–H groups in total. The summed E-state index contributed by atoms with van der Waals surface area (Å²) in [5.41, 5.74) is 1.74. The smallest absolute Gasteiger partial charge is 0.313 e. The van der Waals surface area contributed by atoms with Crippen LogP contribution >= 0.6 is 11.6 Å². The molecule has 2 fully saturated rings. The van der Waals surface area contributed by atoms with E-state index in [0.29, 0.717) is 23.8 Å². The Balaban J connectivity index is 1.85. The van der Waals surface area contributed by atoms with Crippen molar-refractivity contribution in [3.63, 3.8) is 0 Å². The SMILES string of the molecule is C=C1CC2COC(=O)C2(Cc2ccc(OC(C)C)c(Cl)c2)C1. The van der Waals surface area contributed by atoms with Gasteiger partial charge in [0.05, 0.1) is 23.1 Å². The first-order valence-electron chi connectivity index (χ1n) is 7.69. The minimum atomic E-state index is -0.444. The van der Waals surface area contributed by atoms with Gasteiger partial charge in [-0.15, -0.1) is 0 Å². The number of cyclic esters (lactones) is 1. The van der Waals surface area contributed by atoms with Crippen LogP contribution in [0.25, 0.3) is 0 Å². The maximum Gasteiger partial charge on any atom is 0.313 e. The van der Waals surface area contributed by atoms with Crippen LogP contribution in [0.2, 0.25) is 5.02 Å². The molecule has 0 aromatic heterocycles. The third-order valence-electron chi connectivity index (χ3n) is 4.58. The van der Waals surface area contributed by atoms with Crippen LogP contribution in [-0.4, -0.2) is 18.7 Å². The van der Waals surface area contributed by atoms with E-state index in [1.807, 2.05) is 32.0 Å². The van der Waals surface area contributed by atoms with Crippen LogP contribution in [0.1, 0.15) is 32.3 Å². The molecule has 1 aliphatic heterocycles. The zero-order valence-corrected chi connectivity index (χ0v) is 13.8. The van der Waals surface area contributed by atoms with Gasteiger partial charge in [-0.3, -0.25) is 4.79 Å². The van der Waals surface area contributed by atoms with Crippen LogP contribution in [0, 0.1) is 11.3 Å². The summed E-state index contributed by atoms with van der Waals surface area (Å²) in [6.07, 6.45) is 2.33. The highest BCUT2D eigenvalue weighted by atomic mass is 35.5. The highest BCUT2D eigenvalue weighted by molar-refractivity contribution is 6.32. The zero-order chi connectivity index (χ0) is 15.9. The summed E-state index contributed by atoms with van der Waals surface area (Å²) in [7, 11) is 0. The second kappa shape index (κ2) is 5.62. The van der Waals surface area contributed by atoms with Crippen LogP contribution in [0.5, 0.6) is 5.75 Å². The van der Waals surface area contributed by atoms with Gasteiger partial charge in [0.15, 0.2) is 0 Å². The Bertz CT molecular complexity index is 623. The van der Waals surface area contributed by atoms with E-state index in [4.69, 9.17) is 21.1 Å². The van der Waals surface area contributed by atoms with Gasteiger partial charge < -0.3 is 9.47 Å². The summed E-state index contributed by atoms with van der Waals surface area (Å²) in [6, 6.07) is 5.77. The summed E-state index contributed by atoms with van der Waals surface area (Å²) >= 11 is 6.31. The Kier molecular flexibility index (Phi) is 3.94. The predicted molar refractivity (Wildman–Crippen MR) is 86.2 cm³/mol. The van der Waals surface area contributed by atoms with Crippen molar-refractivity contribution >= 4 is 17.6 Å². The first-order chi connectivity index (χ1) is 10.4. The second-order valence-corrected chi connectivity index (χ2v) is 7.10. The molecular formula is C18H21ClO3. The molecule has 3 nitrogen and oxygen atoms in total. The third-order valence-corrected chi connectivity index (χ3v) is 4.88. The lowest BCUT2D eigenvalue weighted by atomic mass is 9.75. The molecular weight excluding hydrogens is 300 g/mol. The van der Waals surface area contributed by atoms with Gasteiger partial charge in [-0.1, -0.05) is 29.8 Å². The van der Waals surface area contributed by atoms with Crippen molar-refractivity contribution in [2.75, 3.05) is 6.61 Å². The van der Waals surface area contributed by atoms with Crippen molar-refractivity contribution in [3.8, 4) is 5.75 Å². The lowest BCUT2D eigenvalue weighted by Crippen LogP contribution is -2.31. The molecule has 118 valence electrons. The largest absolute Gasteiger partial charge is 0.489 e. The maximum absolute atomic E-state index is 12.3. The van der Waals surface area contributed by atoms with Gasteiger partial charge in [0.2, 0.25) is 0 Å². The van der Waals surface area contributed by atoms with Crippen LogP contribution in [0.3, 0.4) is 0 Å². The van der Waals surface area contributed by atoms with E-state index in [1.54, 1.807) is 0 Å². The highest BCUT2D eigenvalue weighted by Crippen LogP contribution is 2.52. The molecule has 2 atom stereocenters. The maximum atomic E-state index is 12.3. The Morgan fingerprint density at radius 1 is 1.50 bits per heavy atom. The van der Waals surface area contributed by atoms with E-state index in [2.05, 4.69) is 6.58 Å². The summed E-state index contributed by atoms with van der Waals surface area (Å²) in [5, 5.41) is 0.585. The topological polar surface area (TPSA) is 35.5 Å². The van der Waals surface area contributed by atoms with Gasteiger partial charge in [-0.05, 0) is 50.8 Å². The zero-order valence-electron chi connectivity index (χ0n) is 13.0. The van der Waals surface area contributed by atoms with Crippen LogP contribution < -0.4 is 4.74 Å². The standard InChI is InChI=1S/C18H21ClO3/c1-11(2)22-16-5-4-13(7-15(16)19)9-18-8-12(3)6-14(18)10-21-17(18)20/h4-5,7,11,14H,3,6,8-10H2,1-2H3. The van der Waals surface area contributed by atoms with Crippen molar-refractivity contribution in [2.24, 2.45) is 11.3 Å². The molecule has 22 heavy (non-hydrogen) atoms. The molecule has 2 unspecified atom stereocenters. The molecule has 1 aliphatic carbocycles. The molecule has 1 aromatic carbocycles. The van der Waals surface area contributed by atoms with Gasteiger partial charge >= 0.3 is 5.97 Å². The summed E-state index contributed by atoms with van der Waals surface area (Å²) < 4.78 is 11.0. The number of carbonyl (C=O) groups excluding carboxylic acids is 1. The molecule has 2 aliphatic rings. The number of rotatable bonds is 4. The number of ether oxygens (including phenoxy) is 2. The first kappa shape index (κ1) is 15.4. The van der Waals surface area contributed by atoms with Gasteiger partial charge in [-0.2, -0.15) is 0 Å². The molecule has 1 saturated heterocycles. The average molecular weight is 321 g/mol. The number of halogens is 1. The minimum absolute atomic E-state index is 0.0780. The number of allylic oxidation sites excluding steroid dienone is 1. The number of esters is 1. The number of hydrogen-bond donors (Lipinski definition) is 0. The Morgan fingerprint density at radius 3 is 2.95 bits per heavy atom. The Morgan fingerprint density at radius 2 is 2.27 bits per heavy atom. The van der Waals surface area contributed by atoms with Crippen molar-refractivity contribution in [1.82, 2.24) is 0 Å². The van der Waals surface area contributed by atoms with Gasteiger partial charge in [-0.25, -0.2) is 0 Å². The average Bonchev–Trinajstić information content (AvgIpc) is 2.89. The lowest BCUT2D eigenvalue weighted by molar-refractivity contribution is -0.146. The number of fused-ring (bicyclic) bond motifs is 1.